The monoisotopic (exact) mass is 1560 g/mol. The molecule has 0 fully saturated rings. The molecule has 22 aromatic rings. The number of pyridine rings is 5. The van der Waals surface area contributed by atoms with Gasteiger partial charge in [0.25, 0.3) is 0 Å². The van der Waals surface area contributed by atoms with Gasteiger partial charge in [-0.25, -0.2) is 18.3 Å². The van der Waals surface area contributed by atoms with Crippen molar-refractivity contribution >= 4 is 169 Å². The van der Waals surface area contributed by atoms with E-state index in [1.165, 1.54) is 138 Å². The second kappa shape index (κ2) is 29.8. The molecule has 554 valence electrons. The number of hydrogen-bond donors (Lipinski definition) is 0. The van der Waals surface area contributed by atoms with E-state index in [1.807, 2.05) is 97.8 Å². The molecule has 13 aromatic carbocycles. The molecule has 0 spiro atoms. The summed E-state index contributed by atoms with van der Waals surface area (Å²) in [6.07, 6.45) is 10.1. The van der Waals surface area contributed by atoms with E-state index in [0.29, 0.717) is 11.1 Å². The summed E-state index contributed by atoms with van der Waals surface area (Å²) < 4.78 is 89.5. The Hall–Kier alpha value is -12.5. The minimum atomic E-state index is -2.28. The standard InChI is InChI=1S/C31H26NS.C29H22NS.C23H19N2S.C23H18NS/c1-19-10-13-26(20(2)14-19)30-29-27-16-25-15-23(22-8-6-5-7-9-22)11-12-24(25)17-28(27)33-31(29)21(3)18-32(30)4;1-19-8-6-7-11-23(19)28-27-24-15-14-21-12-13-22(20-9-4-3-5-10-20)18-25(21)29(24)31-26(27)16-17-30(28)2;1-14-6-8-17(15(2)13-14)22-20-18-9-7-16-5-4-11-24-21(16)23(18)26-19(20)10-12-25(22)3;1-15-7-3-5-9-17(15)21-13-22-20(14-24(21)2)19-12-11-16-8-4-6-10-18(16)23(19)25-22/h5-18H,1-4H3;3-18H,1-2H3;4-13H,1-3H3;3-14H,1-2H3/q4*+1/i1D3,3D3;;1D3;. The minimum absolute atomic E-state index is 0.288. The van der Waals surface area contributed by atoms with Crippen LogP contribution in [0.2, 0.25) is 0 Å². The van der Waals surface area contributed by atoms with Crippen LogP contribution < -0.4 is 18.3 Å². The fourth-order valence-electron chi connectivity index (χ4n) is 17.0. The first-order chi connectivity index (χ1) is 59.7. The Bertz CT molecular complexity index is 8060. The fraction of sp³-hybridized carbons (Fsp3) is 0.104. The molecule has 9 aromatic heterocycles. The summed E-state index contributed by atoms with van der Waals surface area (Å²) in [7, 11) is 8.19. The number of benzene rings is 13. The molecule has 0 N–H and O–H groups in total. The summed E-state index contributed by atoms with van der Waals surface area (Å²) in [5, 5.41) is 18.2. The van der Waals surface area contributed by atoms with Gasteiger partial charge in [0.05, 0.1) is 36.5 Å². The smallest absolute Gasteiger partial charge is 0.221 e. The summed E-state index contributed by atoms with van der Waals surface area (Å²) >= 11 is 7.06. The number of aryl methyl sites for hydroxylation is 11. The van der Waals surface area contributed by atoms with Crippen LogP contribution >= 0.6 is 45.3 Å². The average Bonchev–Trinajstić information content (AvgIpc) is 1.56. The van der Waals surface area contributed by atoms with E-state index in [2.05, 4.69) is 290 Å². The molecule has 0 unspecified atom stereocenters. The molecule has 0 amide bonds. The SMILES string of the molecule is Cc1ccccc1-c1c2c(cc[n+]1C)sc1c3cc(-c4ccccc4)ccc3ccc12.Cc1ccccc1-c1cc2sc3c4ccccc4ccc3c2c[n+]1C.[2H]C([2H])([2H])c1ccc(-c2c3c(cc[n+]2C)sc2c3ccc3cccnc32)c(C)c1.[2H]C([2H])([2H])c1ccc(-c2c3c(sc4cc5ccc(-c6ccccc6)cc5cc43)c(C([2H])([2H])[2H])c[n+]2C)c(C)c1. The molecule has 0 bridgehead atoms. The van der Waals surface area contributed by atoms with Crippen LogP contribution in [0.25, 0.3) is 191 Å². The van der Waals surface area contributed by atoms with Crippen LogP contribution in [0.5, 0.6) is 0 Å². The van der Waals surface area contributed by atoms with Gasteiger partial charge in [-0.1, -0.05) is 223 Å². The maximum absolute atomic E-state index is 8.27. The Morgan fingerprint density at radius 1 is 0.278 bits per heavy atom. The van der Waals surface area contributed by atoms with Crippen molar-refractivity contribution in [3.05, 3.63) is 355 Å². The number of thiophene rings is 4. The van der Waals surface area contributed by atoms with Gasteiger partial charge in [0, 0.05) is 125 Å². The number of aromatic nitrogens is 5. The van der Waals surface area contributed by atoms with Crippen molar-refractivity contribution < 1.29 is 30.6 Å². The summed E-state index contributed by atoms with van der Waals surface area (Å²) in [6, 6.07) is 99.2. The molecule has 0 aliphatic carbocycles. The molecule has 9 heteroatoms. The number of rotatable bonds is 6. The maximum Gasteiger partial charge on any atom is 0.221 e. The molecule has 0 aliphatic heterocycles. The van der Waals surface area contributed by atoms with E-state index in [-0.39, 0.29) is 5.56 Å². The number of fused-ring (bicyclic) bond motifs is 19. The van der Waals surface area contributed by atoms with Gasteiger partial charge in [-0.15, -0.1) is 45.3 Å². The molecular formula is C106H85N5S4+4. The first-order valence-corrected chi connectivity index (χ1v) is 41.8. The van der Waals surface area contributed by atoms with Crippen molar-refractivity contribution in [1.82, 2.24) is 4.98 Å². The Labute approximate surface area is 698 Å². The second-order valence-electron chi connectivity index (χ2n) is 30.1. The van der Waals surface area contributed by atoms with Crippen LogP contribution in [-0.2, 0) is 28.2 Å². The summed E-state index contributed by atoms with van der Waals surface area (Å²) in [4.78, 5) is 4.63. The normalized spacial score (nSPS) is 13.1. The van der Waals surface area contributed by atoms with Gasteiger partial charge in [0.2, 0.25) is 22.8 Å². The highest BCUT2D eigenvalue weighted by Crippen LogP contribution is 2.47. The Morgan fingerprint density at radius 3 is 1.44 bits per heavy atom. The minimum Gasteiger partial charge on any atom is -0.255 e. The number of hydrogen-bond acceptors (Lipinski definition) is 5. The van der Waals surface area contributed by atoms with Crippen LogP contribution in [0.3, 0.4) is 0 Å². The average molecular weight is 1570 g/mol. The molecule has 9 heterocycles. The van der Waals surface area contributed by atoms with Gasteiger partial charge in [-0.3, -0.25) is 4.98 Å². The lowest BCUT2D eigenvalue weighted by Crippen LogP contribution is -2.31. The lowest BCUT2D eigenvalue weighted by atomic mass is 9.96. The van der Waals surface area contributed by atoms with E-state index in [0.717, 1.165) is 86.6 Å². The zero-order valence-corrected chi connectivity index (χ0v) is 68.2. The van der Waals surface area contributed by atoms with Crippen molar-refractivity contribution in [2.75, 3.05) is 0 Å². The van der Waals surface area contributed by atoms with E-state index < -0.39 is 20.6 Å². The summed E-state index contributed by atoms with van der Waals surface area (Å²) in [6.45, 7) is 1.68. The zero-order chi connectivity index (χ0) is 85.9. The topological polar surface area (TPSA) is 28.4 Å². The van der Waals surface area contributed by atoms with Crippen molar-refractivity contribution in [3.63, 3.8) is 0 Å². The van der Waals surface area contributed by atoms with Gasteiger partial charge < -0.3 is 0 Å². The first kappa shape index (κ1) is 63.0. The lowest BCUT2D eigenvalue weighted by molar-refractivity contribution is -0.659. The third kappa shape index (κ3) is 13.2. The predicted octanol–water partition coefficient (Wildman–Crippen LogP) is 27.7. The van der Waals surface area contributed by atoms with Gasteiger partial charge in [0.1, 0.15) is 28.2 Å². The molecule has 0 atom stereocenters. The van der Waals surface area contributed by atoms with Crippen molar-refractivity contribution in [1.29, 1.82) is 0 Å². The molecule has 0 aliphatic rings. The largest absolute Gasteiger partial charge is 0.255 e. The highest BCUT2D eigenvalue weighted by molar-refractivity contribution is 7.28. The predicted molar refractivity (Wildman–Crippen MR) is 496 cm³/mol. The van der Waals surface area contributed by atoms with Gasteiger partial charge in [0.15, 0.2) is 24.8 Å². The Morgan fingerprint density at radius 2 is 0.791 bits per heavy atom. The first-order valence-electron chi connectivity index (χ1n) is 43.1. The third-order valence-electron chi connectivity index (χ3n) is 22.7. The van der Waals surface area contributed by atoms with Crippen LogP contribution in [0, 0.1) is 48.3 Å². The van der Waals surface area contributed by atoms with Crippen LogP contribution in [0.15, 0.2) is 316 Å². The number of nitrogens with zero attached hydrogens (tertiary/aromatic N) is 5. The molecule has 0 radical (unpaired) electrons. The molecule has 115 heavy (non-hydrogen) atoms. The molecule has 0 saturated carbocycles. The van der Waals surface area contributed by atoms with Crippen molar-refractivity contribution in [3.8, 4) is 67.3 Å². The van der Waals surface area contributed by atoms with Crippen molar-refractivity contribution in [2.24, 2.45) is 28.2 Å². The van der Waals surface area contributed by atoms with Crippen LogP contribution in [-0.4, -0.2) is 4.98 Å². The Kier molecular flexibility index (Phi) is 16.3. The van der Waals surface area contributed by atoms with Crippen LogP contribution in [0.4, 0.5) is 0 Å². The molecule has 0 saturated heterocycles. The quantitative estimate of drug-likeness (QED) is 0.153. The van der Waals surface area contributed by atoms with Crippen molar-refractivity contribution in [2.45, 2.75) is 48.3 Å². The summed E-state index contributed by atoms with van der Waals surface area (Å²) in [5.74, 6) is 0. The van der Waals surface area contributed by atoms with Gasteiger partial charge in [-0.2, -0.15) is 0 Å². The van der Waals surface area contributed by atoms with Crippen LogP contribution in [0.1, 0.15) is 51.3 Å². The lowest BCUT2D eigenvalue weighted by Gasteiger charge is -2.09. The zero-order valence-electron chi connectivity index (χ0n) is 73.9. The molecular weight excluding hydrogens is 1470 g/mol. The van der Waals surface area contributed by atoms with Gasteiger partial charge >= 0.3 is 0 Å². The third-order valence-corrected chi connectivity index (χ3v) is 27.4. The fourth-order valence-corrected chi connectivity index (χ4v) is 21.8. The highest BCUT2D eigenvalue weighted by Gasteiger charge is 2.27. The highest BCUT2D eigenvalue weighted by atomic mass is 32.1. The maximum atomic E-state index is 8.27. The summed E-state index contributed by atoms with van der Waals surface area (Å²) in [5.41, 5.74) is 20.2. The van der Waals surface area contributed by atoms with Gasteiger partial charge in [-0.05, 0) is 174 Å². The second-order valence-corrected chi connectivity index (χ2v) is 34.3. The van der Waals surface area contributed by atoms with E-state index in [1.54, 1.807) is 41.8 Å². The van der Waals surface area contributed by atoms with E-state index in [9.17, 15) is 0 Å². The van der Waals surface area contributed by atoms with E-state index in [4.69, 9.17) is 12.3 Å². The van der Waals surface area contributed by atoms with E-state index >= 15 is 0 Å². The Balaban J connectivity index is 0.000000110. The molecule has 22 rings (SSSR count). The molecule has 5 nitrogen and oxygen atoms in total.